The molecule has 0 aliphatic heterocycles. The third-order valence-corrected chi connectivity index (χ3v) is 6.68. The molecule has 1 atom stereocenters. The van der Waals surface area contributed by atoms with E-state index < -0.39 is 22.8 Å². The van der Waals surface area contributed by atoms with Gasteiger partial charge in [-0.2, -0.15) is 18.3 Å². The second-order valence-electron chi connectivity index (χ2n) is 8.76. The molecule has 2 aromatic heterocycles. The summed E-state index contributed by atoms with van der Waals surface area (Å²) in [5.41, 5.74) is 4.11. The number of carbonyl (C=O) groups is 1. The highest BCUT2D eigenvalue weighted by molar-refractivity contribution is 6.31. The molecular weight excluding hydrogens is 495 g/mol. The number of amides is 2. The molecule has 2 aromatic carbocycles. The SMILES string of the molecule is O=C(Nc1ccc(Cl)c(C(F)(F)F)c1)NC1CCc2[nH]c3cccc(-c4cnn(CCO)c4)c3c2C1. The van der Waals surface area contributed by atoms with Crippen LogP contribution in [0, 0.1) is 0 Å². The van der Waals surface area contributed by atoms with Crippen molar-refractivity contribution in [3.8, 4) is 11.1 Å². The van der Waals surface area contributed by atoms with Gasteiger partial charge in [0.05, 0.1) is 29.9 Å². The highest BCUT2D eigenvalue weighted by atomic mass is 35.5. The fourth-order valence-electron chi connectivity index (χ4n) is 4.74. The maximum absolute atomic E-state index is 13.1. The molecule has 1 aliphatic carbocycles. The van der Waals surface area contributed by atoms with Crippen LogP contribution < -0.4 is 10.6 Å². The molecule has 11 heteroatoms. The first-order chi connectivity index (χ1) is 17.2. The number of nitrogens with one attached hydrogen (secondary N) is 3. The number of urea groups is 1. The average Bonchev–Trinajstić information content (AvgIpc) is 3.44. The number of alkyl halides is 3. The van der Waals surface area contributed by atoms with Crippen molar-refractivity contribution in [3.05, 3.63) is 70.6 Å². The fraction of sp³-hybridized carbons (Fsp3) is 0.280. The molecule has 0 saturated heterocycles. The predicted octanol–water partition coefficient (Wildman–Crippen LogP) is 5.37. The number of aliphatic hydroxyl groups excluding tert-OH is 1. The van der Waals surface area contributed by atoms with E-state index in [4.69, 9.17) is 11.6 Å². The number of carbonyl (C=O) groups excluding carboxylic acids is 1. The minimum Gasteiger partial charge on any atom is -0.394 e. The quantitative estimate of drug-likeness (QED) is 0.286. The van der Waals surface area contributed by atoms with Crippen LogP contribution in [-0.4, -0.2) is 38.6 Å². The summed E-state index contributed by atoms with van der Waals surface area (Å²) in [5, 5.41) is 19.5. The Bertz CT molecular complexity index is 1430. The lowest BCUT2D eigenvalue weighted by Gasteiger charge is -2.24. The number of halogens is 4. The number of aromatic amines is 1. The molecule has 36 heavy (non-hydrogen) atoms. The second-order valence-corrected chi connectivity index (χ2v) is 9.16. The molecule has 5 rings (SSSR count). The van der Waals surface area contributed by atoms with E-state index in [1.165, 1.54) is 6.07 Å². The van der Waals surface area contributed by atoms with Gasteiger partial charge in [0.1, 0.15) is 0 Å². The normalized spacial score (nSPS) is 15.6. The van der Waals surface area contributed by atoms with Gasteiger partial charge < -0.3 is 20.7 Å². The first kappa shape index (κ1) is 24.2. The van der Waals surface area contributed by atoms with Gasteiger partial charge in [0.2, 0.25) is 0 Å². The van der Waals surface area contributed by atoms with E-state index >= 15 is 0 Å². The zero-order valence-corrected chi connectivity index (χ0v) is 19.7. The number of hydrogen-bond donors (Lipinski definition) is 4. The third-order valence-electron chi connectivity index (χ3n) is 6.35. The van der Waals surface area contributed by atoms with Crippen molar-refractivity contribution < 1.29 is 23.1 Å². The van der Waals surface area contributed by atoms with E-state index in [0.29, 0.717) is 19.4 Å². The number of aromatic nitrogens is 3. The Morgan fingerprint density at radius 2 is 2.11 bits per heavy atom. The molecule has 2 heterocycles. The number of benzene rings is 2. The molecule has 0 saturated carbocycles. The third kappa shape index (κ3) is 4.78. The Labute approximate surface area is 209 Å². The molecule has 2 amide bonds. The number of rotatable bonds is 5. The molecule has 1 unspecified atom stereocenters. The van der Waals surface area contributed by atoms with Crippen LogP contribution in [0.1, 0.15) is 23.2 Å². The zero-order valence-electron chi connectivity index (χ0n) is 19.0. The molecular formula is C25H23ClF3N5O2. The van der Waals surface area contributed by atoms with Gasteiger partial charge in [-0.25, -0.2) is 4.79 Å². The van der Waals surface area contributed by atoms with E-state index in [9.17, 15) is 23.1 Å². The maximum Gasteiger partial charge on any atom is 0.417 e. The van der Waals surface area contributed by atoms with Crippen LogP contribution in [0.2, 0.25) is 5.02 Å². The first-order valence-electron chi connectivity index (χ1n) is 11.4. The second kappa shape index (κ2) is 9.51. The van der Waals surface area contributed by atoms with Crippen molar-refractivity contribution in [1.82, 2.24) is 20.1 Å². The topological polar surface area (TPSA) is 95.0 Å². The maximum atomic E-state index is 13.1. The van der Waals surface area contributed by atoms with Gasteiger partial charge >= 0.3 is 12.2 Å². The summed E-state index contributed by atoms with van der Waals surface area (Å²) >= 11 is 5.66. The molecule has 0 radical (unpaired) electrons. The van der Waals surface area contributed by atoms with Gasteiger partial charge in [0.15, 0.2) is 0 Å². The summed E-state index contributed by atoms with van der Waals surface area (Å²) < 4.78 is 41.1. The number of H-pyrrole nitrogens is 1. The predicted molar refractivity (Wildman–Crippen MR) is 131 cm³/mol. The molecule has 0 fully saturated rings. The molecule has 188 valence electrons. The highest BCUT2D eigenvalue weighted by Crippen LogP contribution is 2.37. The Balaban J connectivity index is 1.35. The van der Waals surface area contributed by atoms with Crippen LogP contribution in [0.25, 0.3) is 22.0 Å². The summed E-state index contributed by atoms with van der Waals surface area (Å²) in [6.45, 7) is 0.397. The summed E-state index contributed by atoms with van der Waals surface area (Å²) in [5.74, 6) is 0. The van der Waals surface area contributed by atoms with Gasteiger partial charge in [-0.1, -0.05) is 23.7 Å². The Hall–Kier alpha value is -3.50. The Kier molecular flexibility index (Phi) is 6.40. The minimum absolute atomic E-state index is 0.00613. The molecule has 1 aliphatic rings. The zero-order chi connectivity index (χ0) is 25.4. The minimum atomic E-state index is -4.62. The van der Waals surface area contributed by atoms with Gasteiger partial charge in [-0.15, -0.1) is 0 Å². The van der Waals surface area contributed by atoms with Crippen molar-refractivity contribution in [2.45, 2.75) is 38.0 Å². The van der Waals surface area contributed by atoms with E-state index in [-0.39, 0.29) is 18.3 Å². The Morgan fingerprint density at radius 3 is 2.89 bits per heavy atom. The van der Waals surface area contributed by atoms with Crippen molar-refractivity contribution >= 4 is 34.2 Å². The molecule has 7 nitrogen and oxygen atoms in total. The largest absolute Gasteiger partial charge is 0.417 e. The van der Waals surface area contributed by atoms with Gasteiger partial charge in [-0.3, -0.25) is 4.68 Å². The van der Waals surface area contributed by atoms with Crippen LogP contribution in [0.15, 0.2) is 48.8 Å². The van der Waals surface area contributed by atoms with Crippen LogP contribution in [-0.2, 0) is 25.6 Å². The lowest BCUT2D eigenvalue weighted by atomic mass is 9.89. The smallest absolute Gasteiger partial charge is 0.394 e. The lowest BCUT2D eigenvalue weighted by molar-refractivity contribution is -0.137. The first-order valence-corrected chi connectivity index (χ1v) is 11.8. The average molecular weight is 518 g/mol. The number of nitrogens with zero attached hydrogens (tertiary/aromatic N) is 2. The van der Waals surface area contributed by atoms with Crippen molar-refractivity contribution in [3.63, 3.8) is 0 Å². The van der Waals surface area contributed by atoms with Gasteiger partial charge in [-0.05, 0) is 54.7 Å². The van der Waals surface area contributed by atoms with Gasteiger partial charge in [0, 0.05) is 40.1 Å². The van der Waals surface area contributed by atoms with E-state index in [1.807, 2.05) is 24.4 Å². The molecule has 4 aromatic rings. The van der Waals surface area contributed by atoms with Crippen molar-refractivity contribution in [2.24, 2.45) is 0 Å². The number of aryl methyl sites for hydroxylation is 1. The van der Waals surface area contributed by atoms with E-state index in [2.05, 4.69) is 20.7 Å². The number of anilines is 1. The standard InChI is InChI=1S/C25H23ClF3N5O2/c26-20-6-4-16(11-19(20)25(27,28)29)32-24(36)31-15-5-7-21-18(10-15)23-17(2-1-3-22(23)33-21)14-12-30-34(13-14)8-9-35/h1-4,6,11-13,15,33,35H,5,7-10H2,(H2,31,32,36). The lowest BCUT2D eigenvalue weighted by Crippen LogP contribution is -2.41. The van der Waals surface area contributed by atoms with Crippen LogP contribution in [0.4, 0.5) is 23.7 Å². The number of hydrogen-bond acceptors (Lipinski definition) is 3. The van der Waals surface area contributed by atoms with Crippen LogP contribution in [0.3, 0.4) is 0 Å². The fourth-order valence-corrected chi connectivity index (χ4v) is 4.96. The highest BCUT2D eigenvalue weighted by Gasteiger charge is 2.33. The monoisotopic (exact) mass is 517 g/mol. The van der Waals surface area contributed by atoms with Crippen LogP contribution >= 0.6 is 11.6 Å². The molecule has 0 spiro atoms. The summed E-state index contributed by atoms with van der Waals surface area (Å²) in [4.78, 5) is 16.1. The summed E-state index contributed by atoms with van der Waals surface area (Å²) in [7, 11) is 0. The van der Waals surface area contributed by atoms with Gasteiger partial charge in [0.25, 0.3) is 0 Å². The molecule has 0 bridgehead atoms. The molecule has 4 N–H and O–H groups in total. The number of aliphatic hydroxyl groups is 1. The van der Waals surface area contributed by atoms with Crippen LogP contribution in [0.5, 0.6) is 0 Å². The Morgan fingerprint density at radius 1 is 1.28 bits per heavy atom. The summed E-state index contributed by atoms with van der Waals surface area (Å²) in [6, 6.07) is 8.47. The number of fused-ring (bicyclic) bond motifs is 3. The van der Waals surface area contributed by atoms with Crippen molar-refractivity contribution in [1.29, 1.82) is 0 Å². The van der Waals surface area contributed by atoms with E-state index in [0.717, 1.165) is 51.8 Å². The van der Waals surface area contributed by atoms with E-state index in [1.54, 1.807) is 10.9 Å². The van der Waals surface area contributed by atoms with Crippen molar-refractivity contribution in [2.75, 3.05) is 11.9 Å². The summed E-state index contributed by atoms with van der Waals surface area (Å²) in [6.07, 6.45) is 1.00.